The van der Waals surface area contributed by atoms with E-state index in [2.05, 4.69) is 33.1 Å². The molecule has 0 bridgehead atoms. The van der Waals surface area contributed by atoms with Gasteiger partial charge in [0.05, 0.1) is 30.5 Å². The van der Waals surface area contributed by atoms with Crippen LogP contribution in [0, 0.1) is 6.92 Å². The van der Waals surface area contributed by atoms with Gasteiger partial charge in [-0.2, -0.15) is 5.10 Å². The Morgan fingerprint density at radius 2 is 2.16 bits per heavy atom. The number of aromatic carboxylic acids is 1. The van der Waals surface area contributed by atoms with Crippen LogP contribution in [-0.2, 0) is 4.74 Å². The lowest BCUT2D eigenvalue weighted by atomic mass is 9.96. The summed E-state index contributed by atoms with van der Waals surface area (Å²) in [5.74, 6) is -0.138. The number of aryl methyl sites for hydroxylation is 1. The van der Waals surface area contributed by atoms with Crippen LogP contribution in [0.4, 0.5) is 5.82 Å². The predicted molar refractivity (Wildman–Crippen MR) is 122 cm³/mol. The number of rotatable bonds is 4. The van der Waals surface area contributed by atoms with E-state index < -0.39 is 5.97 Å². The molecule has 2 N–H and O–H groups in total. The first-order chi connectivity index (χ1) is 15.5. The number of anilines is 1. The highest BCUT2D eigenvalue weighted by molar-refractivity contribution is 6.04. The molecule has 1 aliphatic heterocycles. The Kier molecular flexibility index (Phi) is 5.07. The highest BCUT2D eigenvalue weighted by Gasteiger charge is 2.24. The minimum Gasteiger partial charge on any atom is -0.478 e. The van der Waals surface area contributed by atoms with E-state index in [-0.39, 0.29) is 11.6 Å². The summed E-state index contributed by atoms with van der Waals surface area (Å²) in [6, 6.07) is 11.1. The van der Waals surface area contributed by atoms with Gasteiger partial charge in [-0.25, -0.2) is 9.78 Å². The molecular formula is C24H23N5O3. The smallest absolute Gasteiger partial charge is 0.335 e. The Morgan fingerprint density at radius 3 is 2.91 bits per heavy atom. The van der Waals surface area contributed by atoms with Crippen molar-refractivity contribution in [2.75, 3.05) is 24.7 Å². The third kappa shape index (κ3) is 3.48. The number of pyridine rings is 2. The van der Waals surface area contributed by atoms with Gasteiger partial charge < -0.3 is 14.7 Å². The van der Waals surface area contributed by atoms with E-state index in [1.165, 1.54) is 0 Å². The summed E-state index contributed by atoms with van der Waals surface area (Å²) in [5, 5.41) is 17.5. The molecule has 1 aliphatic rings. The van der Waals surface area contributed by atoms with Crippen molar-refractivity contribution < 1.29 is 14.6 Å². The molecular weight excluding hydrogens is 406 g/mol. The second-order valence-corrected chi connectivity index (χ2v) is 8.02. The molecule has 0 aliphatic carbocycles. The van der Waals surface area contributed by atoms with Crippen molar-refractivity contribution in [2.24, 2.45) is 0 Å². The Balaban J connectivity index is 1.82. The van der Waals surface area contributed by atoms with Gasteiger partial charge in [-0.1, -0.05) is 12.1 Å². The van der Waals surface area contributed by atoms with Gasteiger partial charge in [0.25, 0.3) is 0 Å². The van der Waals surface area contributed by atoms with E-state index in [1.54, 1.807) is 24.4 Å². The highest BCUT2D eigenvalue weighted by atomic mass is 16.5. The van der Waals surface area contributed by atoms with Crippen molar-refractivity contribution in [2.45, 2.75) is 19.9 Å². The zero-order chi connectivity index (χ0) is 22.2. The minimum atomic E-state index is -0.955. The second-order valence-electron chi connectivity index (χ2n) is 8.02. The molecule has 0 saturated carbocycles. The number of morpholine rings is 1. The molecule has 0 spiro atoms. The molecule has 8 nitrogen and oxygen atoms in total. The van der Waals surface area contributed by atoms with Crippen molar-refractivity contribution in [1.82, 2.24) is 20.2 Å². The average Bonchev–Trinajstić information content (AvgIpc) is 3.34. The van der Waals surface area contributed by atoms with Crippen molar-refractivity contribution in [1.29, 1.82) is 0 Å². The van der Waals surface area contributed by atoms with Crippen molar-refractivity contribution in [3.63, 3.8) is 0 Å². The van der Waals surface area contributed by atoms with E-state index in [4.69, 9.17) is 9.72 Å². The lowest BCUT2D eigenvalue weighted by Crippen LogP contribution is -2.44. The number of benzene rings is 1. The van der Waals surface area contributed by atoms with Gasteiger partial charge in [0.1, 0.15) is 17.0 Å². The van der Waals surface area contributed by atoms with E-state index in [0.717, 1.165) is 45.6 Å². The summed E-state index contributed by atoms with van der Waals surface area (Å²) in [4.78, 5) is 23.6. The highest BCUT2D eigenvalue weighted by Crippen LogP contribution is 2.37. The minimum absolute atomic E-state index is 0.167. The summed E-state index contributed by atoms with van der Waals surface area (Å²) in [7, 11) is 0. The molecule has 8 heteroatoms. The van der Waals surface area contributed by atoms with Crippen molar-refractivity contribution >= 4 is 22.7 Å². The van der Waals surface area contributed by atoms with Crippen LogP contribution < -0.4 is 4.90 Å². The predicted octanol–water partition coefficient (Wildman–Crippen LogP) is 3.92. The average molecular weight is 429 g/mol. The first kappa shape index (κ1) is 20.1. The lowest BCUT2D eigenvalue weighted by Gasteiger charge is -2.34. The number of nitrogens with zero attached hydrogens (tertiary/aromatic N) is 4. The first-order valence-electron chi connectivity index (χ1n) is 10.5. The van der Waals surface area contributed by atoms with Crippen molar-refractivity contribution in [3.05, 3.63) is 59.9 Å². The number of aromatic amines is 1. The maximum atomic E-state index is 11.6. The van der Waals surface area contributed by atoms with Crippen molar-refractivity contribution in [3.8, 4) is 22.5 Å². The number of carbonyl (C=O) groups is 1. The zero-order valence-electron chi connectivity index (χ0n) is 17.9. The lowest BCUT2D eigenvalue weighted by molar-refractivity contribution is 0.0697. The number of hydrogen-bond acceptors (Lipinski definition) is 6. The summed E-state index contributed by atoms with van der Waals surface area (Å²) < 4.78 is 5.62. The Morgan fingerprint density at radius 1 is 1.28 bits per heavy atom. The van der Waals surface area contributed by atoms with Crippen LogP contribution in [-0.4, -0.2) is 57.0 Å². The molecule has 5 rings (SSSR count). The van der Waals surface area contributed by atoms with Crippen LogP contribution >= 0.6 is 0 Å². The largest absolute Gasteiger partial charge is 0.478 e. The summed E-state index contributed by atoms with van der Waals surface area (Å²) in [5.41, 5.74) is 5.20. The molecule has 0 amide bonds. The Bertz CT molecular complexity index is 1300. The molecule has 1 saturated heterocycles. The van der Waals surface area contributed by atoms with E-state index in [0.29, 0.717) is 18.9 Å². The van der Waals surface area contributed by atoms with Crippen LogP contribution in [0.2, 0.25) is 0 Å². The number of ether oxygens (including phenoxy) is 1. The fraction of sp³-hybridized carbons (Fsp3) is 0.250. The Hall–Kier alpha value is -3.78. The number of carboxylic acid groups (broad SMARTS) is 1. The monoisotopic (exact) mass is 429 g/mol. The zero-order valence-corrected chi connectivity index (χ0v) is 17.9. The molecule has 4 aromatic rings. The maximum absolute atomic E-state index is 11.6. The third-order valence-corrected chi connectivity index (χ3v) is 5.85. The molecule has 32 heavy (non-hydrogen) atoms. The van der Waals surface area contributed by atoms with Gasteiger partial charge in [0, 0.05) is 24.3 Å². The number of hydrogen-bond donors (Lipinski definition) is 2. The molecule has 0 unspecified atom stereocenters. The van der Waals surface area contributed by atoms with Gasteiger partial charge in [-0.05, 0) is 54.8 Å². The fourth-order valence-electron chi connectivity index (χ4n) is 4.24. The molecule has 1 aromatic carbocycles. The number of H-pyrrole nitrogens is 1. The molecule has 162 valence electrons. The van der Waals surface area contributed by atoms with Crippen LogP contribution in [0.25, 0.3) is 33.4 Å². The molecule has 1 fully saturated rings. The number of aromatic nitrogens is 4. The molecule has 0 radical (unpaired) electrons. The summed E-state index contributed by atoms with van der Waals surface area (Å²) in [6.45, 7) is 6.10. The maximum Gasteiger partial charge on any atom is 0.335 e. The topological polar surface area (TPSA) is 104 Å². The molecule has 4 heterocycles. The van der Waals surface area contributed by atoms with Gasteiger partial charge in [0.2, 0.25) is 0 Å². The summed E-state index contributed by atoms with van der Waals surface area (Å²) in [6.07, 6.45) is 3.51. The van der Waals surface area contributed by atoms with Gasteiger partial charge in [-0.15, -0.1) is 0 Å². The van der Waals surface area contributed by atoms with E-state index in [1.807, 2.05) is 25.3 Å². The second kappa shape index (κ2) is 8.05. The normalized spacial score (nSPS) is 16.4. The van der Waals surface area contributed by atoms with Gasteiger partial charge in [0.15, 0.2) is 0 Å². The number of carboxylic acids is 1. The Labute approximate surface area is 184 Å². The van der Waals surface area contributed by atoms with Crippen LogP contribution in [0.15, 0.2) is 48.8 Å². The standard InChI is InChI=1S/C24H23N5O3/c1-14-12-25-22(19-6-7-26-28-19)23-21(14)18(16-4-3-5-17(10-16)24(30)31)11-20(27-23)29-8-9-32-13-15(29)2/h3-7,10-12,15H,8-9,13H2,1-2H3,(H,26,28)(H,30,31)/t15-/m1/s1. The van der Waals surface area contributed by atoms with Gasteiger partial charge >= 0.3 is 5.97 Å². The van der Waals surface area contributed by atoms with E-state index >= 15 is 0 Å². The van der Waals surface area contributed by atoms with Crippen LogP contribution in [0.3, 0.4) is 0 Å². The van der Waals surface area contributed by atoms with Gasteiger partial charge in [-0.3, -0.25) is 10.1 Å². The van der Waals surface area contributed by atoms with E-state index in [9.17, 15) is 9.90 Å². The fourth-order valence-corrected chi connectivity index (χ4v) is 4.24. The van der Waals surface area contributed by atoms with Crippen LogP contribution in [0.5, 0.6) is 0 Å². The quantitative estimate of drug-likeness (QED) is 0.507. The molecule has 3 aromatic heterocycles. The van der Waals surface area contributed by atoms with Crippen LogP contribution in [0.1, 0.15) is 22.8 Å². The molecule has 1 atom stereocenters. The third-order valence-electron chi connectivity index (χ3n) is 5.85. The number of fused-ring (bicyclic) bond motifs is 1. The first-order valence-corrected chi connectivity index (χ1v) is 10.5. The SMILES string of the molecule is Cc1cnc(-c2ccn[nH]2)c2nc(N3CCOC[C@H]3C)cc(-c3cccc(C(=O)O)c3)c12. The number of nitrogens with one attached hydrogen (secondary N) is 1. The summed E-state index contributed by atoms with van der Waals surface area (Å²) >= 11 is 0.